The molecule has 0 radical (unpaired) electrons. The highest BCUT2D eigenvalue weighted by atomic mass is 32.2. The van der Waals surface area contributed by atoms with Crippen molar-refractivity contribution in [3.8, 4) is 6.07 Å². The first-order valence-electron chi connectivity index (χ1n) is 8.20. The number of carbonyl (C=O) groups excluding carboxylic acids is 1. The smallest absolute Gasteiger partial charge is 0.241 e. The van der Waals surface area contributed by atoms with Gasteiger partial charge in [0.05, 0.1) is 23.9 Å². The zero-order chi connectivity index (χ0) is 18.6. The molecule has 0 spiro atoms. The van der Waals surface area contributed by atoms with Gasteiger partial charge in [-0.1, -0.05) is 6.07 Å². The Morgan fingerprint density at radius 3 is 2.60 bits per heavy atom. The minimum atomic E-state index is -3.19. The van der Waals surface area contributed by atoms with Crippen molar-refractivity contribution in [3.05, 3.63) is 29.8 Å². The van der Waals surface area contributed by atoms with Gasteiger partial charge < -0.3 is 5.32 Å². The summed E-state index contributed by atoms with van der Waals surface area (Å²) < 4.78 is 24.7. The molecule has 1 saturated heterocycles. The summed E-state index contributed by atoms with van der Waals surface area (Å²) in [5.41, 5.74) is 1.10. The van der Waals surface area contributed by atoms with Crippen LogP contribution in [0.4, 0.5) is 5.69 Å². The summed E-state index contributed by atoms with van der Waals surface area (Å²) in [4.78, 5) is 14.5. The van der Waals surface area contributed by atoms with Crippen LogP contribution < -0.4 is 5.32 Å². The second-order valence-electron chi connectivity index (χ2n) is 6.40. The number of sulfonamides is 1. The lowest BCUT2D eigenvalue weighted by Gasteiger charge is -2.38. The van der Waals surface area contributed by atoms with Crippen LogP contribution in [0.1, 0.15) is 25.3 Å². The molecule has 0 aliphatic carbocycles. The molecule has 1 fully saturated rings. The van der Waals surface area contributed by atoms with Gasteiger partial charge >= 0.3 is 0 Å². The van der Waals surface area contributed by atoms with E-state index in [0.717, 1.165) is 0 Å². The number of rotatable bonds is 5. The Kier molecular flexibility index (Phi) is 6.16. The molecule has 1 amide bonds. The fourth-order valence-electron chi connectivity index (χ4n) is 2.99. The number of nitrogens with one attached hydrogen (secondary N) is 1. The van der Waals surface area contributed by atoms with E-state index in [9.17, 15) is 13.2 Å². The van der Waals surface area contributed by atoms with E-state index in [1.807, 2.05) is 13.0 Å². The number of nitriles is 1. The molecule has 0 aromatic heterocycles. The van der Waals surface area contributed by atoms with Crippen molar-refractivity contribution in [1.82, 2.24) is 9.21 Å². The standard InChI is InChI=1S/C17H24N4O3S/c1-13(17(22)19-15-6-4-5-14(11-15)12-18)21-9-7-16(8-10-21)20(2)25(3,23)24/h4-6,11,13,16H,7-10H2,1-3H3,(H,19,22). The van der Waals surface area contributed by atoms with Crippen molar-refractivity contribution in [1.29, 1.82) is 5.26 Å². The van der Waals surface area contributed by atoms with Gasteiger partial charge in [0, 0.05) is 31.9 Å². The van der Waals surface area contributed by atoms with Gasteiger partial charge in [-0.05, 0) is 38.0 Å². The van der Waals surface area contributed by atoms with Gasteiger partial charge in [0.1, 0.15) is 0 Å². The first-order chi connectivity index (χ1) is 11.7. The Morgan fingerprint density at radius 2 is 2.04 bits per heavy atom. The normalized spacial score (nSPS) is 17.9. The van der Waals surface area contributed by atoms with Crippen molar-refractivity contribution in [3.63, 3.8) is 0 Å². The molecule has 7 nitrogen and oxygen atoms in total. The lowest BCUT2D eigenvalue weighted by atomic mass is 10.0. The molecule has 0 bridgehead atoms. The molecule has 1 heterocycles. The molecule has 136 valence electrons. The second-order valence-corrected chi connectivity index (χ2v) is 8.45. The zero-order valence-electron chi connectivity index (χ0n) is 14.8. The minimum absolute atomic E-state index is 0.0196. The predicted octanol–water partition coefficient (Wildman–Crippen LogP) is 1.24. The number of hydrogen-bond acceptors (Lipinski definition) is 5. The molecular formula is C17H24N4O3S. The number of likely N-dealkylation sites (tertiary alicyclic amines) is 1. The molecule has 8 heteroatoms. The number of nitrogens with zero attached hydrogens (tertiary/aromatic N) is 3. The highest BCUT2D eigenvalue weighted by Crippen LogP contribution is 2.20. The second kappa shape index (κ2) is 7.95. The molecule has 1 aliphatic rings. The molecule has 25 heavy (non-hydrogen) atoms. The van der Waals surface area contributed by atoms with Crippen LogP contribution >= 0.6 is 0 Å². The van der Waals surface area contributed by atoms with Crippen molar-refractivity contribution < 1.29 is 13.2 Å². The summed E-state index contributed by atoms with van der Waals surface area (Å²) in [6.07, 6.45) is 2.61. The van der Waals surface area contributed by atoms with Gasteiger partial charge in [0.15, 0.2) is 0 Å². The third-order valence-electron chi connectivity index (χ3n) is 4.72. The monoisotopic (exact) mass is 364 g/mol. The number of benzene rings is 1. The Hall–Kier alpha value is -1.95. The maximum Gasteiger partial charge on any atom is 0.241 e. The first kappa shape index (κ1) is 19.4. The van der Waals surface area contributed by atoms with E-state index in [1.165, 1.54) is 10.6 Å². The summed E-state index contributed by atoms with van der Waals surface area (Å²) >= 11 is 0. The Balaban J connectivity index is 1.92. The van der Waals surface area contributed by atoms with E-state index in [-0.39, 0.29) is 18.0 Å². The van der Waals surface area contributed by atoms with Crippen LogP contribution in [0.25, 0.3) is 0 Å². The van der Waals surface area contributed by atoms with E-state index >= 15 is 0 Å². The van der Waals surface area contributed by atoms with E-state index in [4.69, 9.17) is 5.26 Å². The summed E-state index contributed by atoms with van der Waals surface area (Å²) in [7, 11) is -1.59. The van der Waals surface area contributed by atoms with Gasteiger partial charge in [-0.3, -0.25) is 9.69 Å². The number of piperidine rings is 1. The highest BCUT2D eigenvalue weighted by Gasteiger charge is 2.30. The predicted molar refractivity (Wildman–Crippen MR) is 96.5 cm³/mol. The third-order valence-corrected chi connectivity index (χ3v) is 6.07. The zero-order valence-corrected chi connectivity index (χ0v) is 15.6. The molecule has 1 aliphatic heterocycles. The lowest BCUT2D eigenvalue weighted by Crippen LogP contribution is -2.50. The Labute approximate surface area is 149 Å². The molecule has 1 atom stereocenters. The van der Waals surface area contributed by atoms with Crippen LogP contribution in [0.2, 0.25) is 0 Å². The van der Waals surface area contributed by atoms with Crippen LogP contribution in [0.3, 0.4) is 0 Å². The van der Waals surface area contributed by atoms with Crippen LogP contribution in [0.15, 0.2) is 24.3 Å². The van der Waals surface area contributed by atoms with Crippen LogP contribution in [0, 0.1) is 11.3 Å². The molecule has 0 saturated carbocycles. The molecule has 1 aromatic rings. The molecule has 1 N–H and O–H groups in total. The number of amides is 1. The van der Waals surface area contributed by atoms with Gasteiger partial charge in [0.25, 0.3) is 0 Å². The van der Waals surface area contributed by atoms with Crippen LogP contribution in [-0.4, -0.2) is 62.0 Å². The fourth-order valence-corrected chi connectivity index (χ4v) is 3.74. The van der Waals surface area contributed by atoms with Gasteiger partial charge in [-0.2, -0.15) is 5.26 Å². The molecular weight excluding hydrogens is 340 g/mol. The number of carbonyl (C=O) groups is 1. The topological polar surface area (TPSA) is 93.5 Å². The lowest BCUT2D eigenvalue weighted by molar-refractivity contribution is -0.121. The van der Waals surface area contributed by atoms with Crippen molar-refractivity contribution >= 4 is 21.6 Å². The average molecular weight is 364 g/mol. The van der Waals surface area contributed by atoms with Crippen LogP contribution in [0.5, 0.6) is 0 Å². The molecule has 1 unspecified atom stereocenters. The van der Waals surface area contributed by atoms with E-state index in [2.05, 4.69) is 10.2 Å². The van der Waals surface area contributed by atoms with E-state index < -0.39 is 10.0 Å². The van der Waals surface area contributed by atoms with E-state index in [1.54, 1.807) is 31.3 Å². The minimum Gasteiger partial charge on any atom is -0.325 e. The van der Waals surface area contributed by atoms with Gasteiger partial charge in [-0.15, -0.1) is 0 Å². The van der Waals surface area contributed by atoms with Crippen molar-refractivity contribution in [2.24, 2.45) is 0 Å². The summed E-state index contributed by atoms with van der Waals surface area (Å²) in [5, 5.41) is 11.8. The largest absolute Gasteiger partial charge is 0.325 e. The fraction of sp³-hybridized carbons (Fsp3) is 0.529. The van der Waals surface area contributed by atoms with Gasteiger partial charge in [0.2, 0.25) is 15.9 Å². The quantitative estimate of drug-likeness (QED) is 0.848. The number of anilines is 1. The maximum atomic E-state index is 12.4. The van der Waals surface area contributed by atoms with E-state index in [0.29, 0.717) is 37.2 Å². The SMILES string of the molecule is CC(C(=O)Nc1cccc(C#N)c1)N1CCC(N(C)S(C)(=O)=O)CC1. The molecule has 1 aromatic carbocycles. The highest BCUT2D eigenvalue weighted by molar-refractivity contribution is 7.88. The summed E-state index contributed by atoms with van der Waals surface area (Å²) in [6, 6.07) is 8.50. The summed E-state index contributed by atoms with van der Waals surface area (Å²) in [6.45, 7) is 3.17. The summed E-state index contributed by atoms with van der Waals surface area (Å²) in [5.74, 6) is -0.134. The van der Waals surface area contributed by atoms with Crippen LogP contribution in [-0.2, 0) is 14.8 Å². The number of hydrogen-bond donors (Lipinski definition) is 1. The average Bonchev–Trinajstić information content (AvgIpc) is 2.60. The first-order valence-corrected chi connectivity index (χ1v) is 10.1. The van der Waals surface area contributed by atoms with Crippen molar-refractivity contribution in [2.45, 2.75) is 31.8 Å². The van der Waals surface area contributed by atoms with Gasteiger partial charge in [-0.25, -0.2) is 12.7 Å². The molecule has 2 rings (SSSR count). The Bertz CT molecular complexity index is 764. The third kappa shape index (κ3) is 5.01. The maximum absolute atomic E-state index is 12.4. The van der Waals surface area contributed by atoms with Crippen molar-refractivity contribution in [2.75, 3.05) is 31.7 Å². The Morgan fingerprint density at radius 1 is 1.40 bits per heavy atom.